The standard InChI is InChI=1S/C33H33N5O7/c39-27-8-7-25(31(42)35-27)38-18-20-15-19(5-6-21(20)33(38)44)17-37-13-11-36(12-14-37)10-9-34-32(43)26-16-24-28(40)22-3-1-2-4-23(22)29(41)30(24)45-26/h1-6,16,19,25H,7-15,17-18H2,(H,34,43)(H,35,39,42). The Labute approximate surface area is 259 Å². The predicted octanol–water partition coefficient (Wildman–Crippen LogP) is 0.923. The lowest BCUT2D eigenvalue weighted by atomic mass is 9.89. The highest BCUT2D eigenvalue weighted by atomic mass is 16.4. The van der Waals surface area contributed by atoms with Gasteiger partial charge in [0.25, 0.3) is 11.8 Å². The zero-order valence-electron chi connectivity index (χ0n) is 24.7. The van der Waals surface area contributed by atoms with Gasteiger partial charge in [0.05, 0.1) is 5.56 Å². The normalized spacial score (nSPS) is 23.6. The second kappa shape index (κ2) is 11.7. The summed E-state index contributed by atoms with van der Waals surface area (Å²) in [6.45, 7) is 5.79. The molecule has 45 heavy (non-hydrogen) atoms. The highest BCUT2D eigenvalue weighted by Gasteiger charge is 2.41. The fourth-order valence-electron chi connectivity index (χ4n) is 6.93. The molecule has 2 saturated heterocycles. The van der Waals surface area contributed by atoms with Crippen molar-refractivity contribution in [2.75, 3.05) is 52.4 Å². The molecule has 3 aliphatic heterocycles. The van der Waals surface area contributed by atoms with E-state index in [2.05, 4.69) is 26.5 Å². The van der Waals surface area contributed by atoms with Crippen molar-refractivity contribution in [2.45, 2.75) is 25.3 Å². The highest BCUT2D eigenvalue weighted by molar-refractivity contribution is 6.27. The minimum absolute atomic E-state index is 0.0534. The predicted molar refractivity (Wildman–Crippen MR) is 159 cm³/mol. The minimum Gasteiger partial charge on any atom is -0.447 e. The monoisotopic (exact) mass is 611 g/mol. The van der Waals surface area contributed by atoms with Crippen molar-refractivity contribution in [1.82, 2.24) is 25.3 Å². The van der Waals surface area contributed by atoms with Crippen molar-refractivity contribution in [3.05, 3.63) is 81.8 Å². The van der Waals surface area contributed by atoms with Crippen LogP contribution in [0.4, 0.5) is 0 Å². The number of imide groups is 1. The molecular formula is C33H33N5O7. The Morgan fingerprint density at radius 1 is 0.956 bits per heavy atom. The Bertz CT molecular complexity index is 1640. The maximum Gasteiger partial charge on any atom is 0.287 e. The van der Waals surface area contributed by atoms with Gasteiger partial charge in [0, 0.05) is 81.5 Å². The number of hydrogen-bond acceptors (Lipinski definition) is 9. The molecule has 2 atom stereocenters. The summed E-state index contributed by atoms with van der Waals surface area (Å²) in [5.74, 6) is -1.88. The molecule has 2 aliphatic carbocycles. The van der Waals surface area contributed by atoms with Gasteiger partial charge in [0.2, 0.25) is 17.6 Å². The van der Waals surface area contributed by atoms with Gasteiger partial charge in [-0.15, -0.1) is 0 Å². The van der Waals surface area contributed by atoms with Crippen LogP contribution in [0.15, 0.2) is 58.0 Å². The second-order valence-electron chi connectivity index (χ2n) is 12.2. The third-order valence-electron chi connectivity index (χ3n) is 9.36. The van der Waals surface area contributed by atoms with E-state index in [9.17, 15) is 28.8 Å². The van der Waals surface area contributed by atoms with E-state index in [0.29, 0.717) is 37.2 Å². The quantitative estimate of drug-likeness (QED) is 0.372. The first kappa shape index (κ1) is 29.1. The smallest absolute Gasteiger partial charge is 0.287 e. The molecule has 7 rings (SSSR count). The number of piperazine rings is 1. The molecule has 12 heteroatoms. The molecule has 2 fully saturated rings. The van der Waals surface area contributed by atoms with Crippen LogP contribution in [0.3, 0.4) is 0 Å². The largest absolute Gasteiger partial charge is 0.447 e. The summed E-state index contributed by atoms with van der Waals surface area (Å²) in [5, 5.41) is 5.19. The lowest BCUT2D eigenvalue weighted by Gasteiger charge is -2.36. The molecule has 0 radical (unpaired) electrons. The van der Waals surface area contributed by atoms with Crippen LogP contribution >= 0.6 is 0 Å². The van der Waals surface area contributed by atoms with Crippen LogP contribution in [0.1, 0.15) is 61.9 Å². The molecule has 5 aliphatic rings. The van der Waals surface area contributed by atoms with Gasteiger partial charge < -0.3 is 19.5 Å². The summed E-state index contributed by atoms with van der Waals surface area (Å²) in [7, 11) is 0. The number of nitrogens with one attached hydrogen (secondary N) is 2. The van der Waals surface area contributed by atoms with Crippen LogP contribution in [-0.2, 0) is 14.4 Å². The number of benzene rings is 1. The molecule has 0 saturated carbocycles. The van der Waals surface area contributed by atoms with Gasteiger partial charge in [0.1, 0.15) is 6.04 Å². The number of piperidine rings is 1. The van der Waals surface area contributed by atoms with Gasteiger partial charge >= 0.3 is 0 Å². The third kappa shape index (κ3) is 5.44. The summed E-state index contributed by atoms with van der Waals surface area (Å²) >= 11 is 0. The average molecular weight is 612 g/mol. The number of carbonyl (C=O) groups excluding carboxylic acids is 6. The number of carbonyl (C=O) groups is 6. The fraction of sp³-hybridized carbons (Fsp3) is 0.394. The van der Waals surface area contributed by atoms with Crippen LogP contribution in [-0.4, -0.2) is 108 Å². The van der Waals surface area contributed by atoms with E-state index in [-0.39, 0.29) is 52.6 Å². The zero-order chi connectivity index (χ0) is 31.2. The van der Waals surface area contributed by atoms with E-state index in [0.717, 1.165) is 44.7 Å². The molecule has 4 heterocycles. The first-order valence-corrected chi connectivity index (χ1v) is 15.4. The minimum atomic E-state index is -0.596. The van der Waals surface area contributed by atoms with E-state index in [1.807, 2.05) is 6.08 Å². The van der Waals surface area contributed by atoms with E-state index >= 15 is 0 Å². The Kier molecular flexibility index (Phi) is 7.54. The van der Waals surface area contributed by atoms with Crippen LogP contribution in [0.2, 0.25) is 0 Å². The Balaban J connectivity index is 0.851. The van der Waals surface area contributed by atoms with Crippen molar-refractivity contribution in [3.8, 4) is 0 Å². The van der Waals surface area contributed by atoms with Crippen LogP contribution in [0.5, 0.6) is 0 Å². The van der Waals surface area contributed by atoms with Gasteiger partial charge in [-0.2, -0.15) is 0 Å². The van der Waals surface area contributed by atoms with Gasteiger partial charge in [-0.1, -0.05) is 36.4 Å². The zero-order valence-corrected chi connectivity index (χ0v) is 24.7. The van der Waals surface area contributed by atoms with Crippen LogP contribution in [0, 0.1) is 5.92 Å². The summed E-state index contributed by atoms with van der Waals surface area (Å²) < 4.78 is 5.55. The SMILES string of the molecule is O=C1CCC(N2CC3=C(C=CC(CN4CCN(CCNC(=O)c5cc6c(o5)C(=O)c5ccccc5C6=O)CC4)C3)C2=O)C(=O)N1. The molecule has 12 nitrogen and oxygen atoms in total. The van der Waals surface area contributed by atoms with E-state index in [1.165, 1.54) is 6.07 Å². The number of hydrogen-bond donors (Lipinski definition) is 2. The molecule has 4 amide bonds. The average Bonchev–Trinajstić information content (AvgIpc) is 3.63. The first-order valence-electron chi connectivity index (χ1n) is 15.4. The molecule has 0 spiro atoms. The maximum atomic E-state index is 13.0. The molecular weight excluding hydrogens is 578 g/mol. The Hall–Kier alpha value is -4.68. The number of rotatable bonds is 7. The van der Waals surface area contributed by atoms with Crippen LogP contribution < -0.4 is 10.6 Å². The first-order chi connectivity index (χ1) is 21.8. The molecule has 1 aromatic carbocycles. The molecule has 2 unspecified atom stereocenters. The topological polar surface area (TPSA) is 149 Å². The van der Waals surface area contributed by atoms with Gasteiger partial charge in [0.15, 0.2) is 17.3 Å². The van der Waals surface area contributed by atoms with Crippen LogP contribution in [0.25, 0.3) is 0 Å². The van der Waals surface area contributed by atoms with Crippen molar-refractivity contribution < 1.29 is 33.2 Å². The number of fused-ring (bicyclic) bond motifs is 2. The fourth-order valence-corrected chi connectivity index (χ4v) is 6.93. The summed E-state index contributed by atoms with van der Waals surface area (Å²) in [5.41, 5.74) is 2.45. The lowest BCUT2D eigenvalue weighted by Crippen LogP contribution is -2.53. The maximum absolute atomic E-state index is 13.0. The van der Waals surface area contributed by atoms with Crippen molar-refractivity contribution in [1.29, 1.82) is 0 Å². The summed E-state index contributed by atoms with van der Waals surface area (Å²) in [4.78, 5) is 81.5. The molecule has 1 aromatic heterocycles. The summed E-state index contributed by atoms with van der Waals surface area (Å²) in [6, 6.07) is 7.32. The van der Waals surface area contributed by atoms with Gasteiger partial charge in [-0.05, 0) is 24.3 Å². The summed E-state index contributed by atoms with van der Waals surface area (Å²) in [6.07, 6.45) is 5.37. The number of ketones is 2. The highest BCUT2D eigenvalue weighted by Crippen LogP contribution is 2.34. The van der Waals surface area contributed by atoms with E-state index in [4.69, 9.17) is 4.42 Å². The Morgan fingerprint density at radius 2 is 1.69 bits per heavy atom. The van der Waals surface area contributed by atoms with E-state index < -0.39 is 23.6 Å². The van der Waals surface area contributed by atoms with Gasteiger partial charge in [-0.3, -0.25) is 39.0 Å². The number of furan rings is 1. The number of nitrogens with zero attached hydrogens (tertiary/aromatic N) is 3. The third-order valence-corrected chi connectivity index (χ3v) is 9.36. The van der Waals surface area contributed by atoms with Crippen molar-refractivity contribution in [3.63, 3.8) is 0 Å². The molecule has 2 aromatic rings. The van der Waals surface area contributed by atoms with Crippen molar-refractivity contribution in [2.24, 2.45) is 5.92 Å². The molecule has 232 valence electrons. The van der Waals surface area contributed by atoms with Gasteiger partial charge in [-0.25, -0.2) is 0 Å². The molecule has 0 bridgehead atoms. The Morgan fingerprint density at radius 3 is 2.44 bits per heavy atom. The van der Waals surface area contributed by atoms with Crippen molar-refractivity contribution >= 4 is 35.2 Å². The lowest BCUT2D eigenvalue weighted by molar-refractivity contribution is -0.142. The van der Waals surface area contributed by atoms with E-state index in [1.54, 1.807) is 29.2 Å². The second-order valence-corrected chi connectivity index (χ2v) is 12.2. The number of amides is 4. The molecule has 2 N–H and O–H groups in total.